The Kier molecular flexibility index (Phi) is 5.42. The van der Waals surface area contributed by atoms with Gasteiger partial charge in [0, 0.05) is 17.8 Å². The third kappa shape index (κ3) is 4.49. The number of nitrogens with zero attached hydrogens (tertiary/aromatic N) is 1. The summed E-state index contributed by atoms with van der Waals surface area (Å²) in [5.74, 6) is -0.969. The molecule has 1 N–H and O–H groups in total. The molecule has 1 amide bonds. The number of nitro benzene ring substituents is 1. The van der Waals surface area contributed by atoms with Gasteiger partial charge in [0.25, 0.3) is 0 Å². The van der Waals surface area contributed by atoms with E-state index in [1.54, 1.807) is 6.08 Å². The highest BCUT2D eigenvalue weighted by atomic mass is 19.1. The molecule has 0 spiro atoms. The summed E-state index contributed by atoms with van der Waals surface area (Å²) in [5.41, 5.74) is 1.55. The maximum atomic E-state index is 13.2. The van der Waals surface area contributed by atoms with Crippen LogP contribution in [0.4, 0.5) is 15.8 Å². The van der Waals surface area contributed by atoms with Crippen LogP contribution in [0.5, 0.6) is 0 Å². The Balaban J connectivity index is 2.05. The van der Waals surface area contributed by atoms with Crippen molar-refractivity contribution in [3.8, 4) is 0 Å². The molecule has 0 aliphatic carbocycles. The van der Waals surface area contributed by atoms with E-state index >= 15 is 0 Å². The molecule has 0 saturated heterocycles. The molecule has 0 atom stereocenters. The van der Waals surface area contributed by atoms with Crippen LogP contribution in [-0.4, -0.2) is 10.8 Å². The molecular formula is C18H17FN2O3. The zero-order valence-corrected chi connectivity index (χ0v) is 13.3. The maximum absolute atomic E-state index is 13.2. The molecule has 0 saturated carbocycles. The van der Waals surface area contributed by atoms with E-state index in [0.717, 1.165) is 17.7 Å². The lowest BCUT2D eigenvalue weighted by Gasteiger charge is -2.05. The normalized spacial score (nSPS) is 11.0. The summed E-state index contributed by atoms with van der Waals surface area (Å²) >= 11 is 0. The van der Waals surface area contributed by atoms with E-state index in [0.29, 0.717) is 5.92 Å². The molecule has 0 fully saturated rings. The van der Waals surface area contributed by atoms with Gasteiger partial charge in [-0.25, -0.2) is 0 Å². The largest absolute Gasteiger partial charge is 0.322 e. The Morgan fingerprint density at radius 1 is 1.21 bits per heavy atom. The van der Waals surface area contributed by atoms with Gasteiger partial charge in [-0.05, 0) is 35.3 Å². The molecule has 0 aromatic heterocycles. The fraction of sp³-hybridized carbons (Fsp3) is 0.167. The molecular weight excluding hydrogens is 311 g/mol. The van der Waals surface area contributed by atoms with Crippen molar-refractivity contribution in [1.29, 1.82) is 0 Å². The van der Waals surface area contributed by atoms with Crippen LogP contribution in [0.25, 0.3) is 6.08 Å². The van der Waals surface area contributed by atoms with Gasteiger partial charge in [-0.1, -0.05) is 38.1 Å². The van der Waals surface area contributed by atoms with Crippen molar-refractivity contribution in [1.82, 2.24) is 0 Å². The Hall–Kier alpha value is -3.02. The minimum absolute atomic E-state index is 0.160. The van der Waals surface area contributed by atoms with Crippen molar-refractivity contribution < 1.29 is 14.1 Å². The number of rotatable bonds is 5. The summed E-state index contributed by atoms with van der Waals surface area (Å²) in [5, 5.41) is 13.2. The van der Waals surface area contributed by atoms with Gasteiger partial charge >= 0.3 is 5.69 Å². The monoisotopic (exact) mass is 328 g/mol. The van der Waals surface area contributed by atoms with Crippen LogP contribution in [0.1, 0.15) is 30.9 Å². The first kappa shape index (κ1) is 17.3. The number of carbonyl (C=O) groups is 1. The Morgan fingerprint density at radius 3 is 2.46 bits per heavy atom. The lowest BCUT2D eigenvalue weighted by Crippen LogP contribution is -2.08. The molecule has 0 unspecified atom stereocenters. The molecule has 2 rings (SSSR count). The van der Waals surface area contributed by atoms with Crippen LogP contribution in [0.3, 0.4) is 0 Å². The summed E-state index contributed by atoms with van der Waals surface area (Å²) in [7, 11) is 0. The molecule has 0 aliphatic heterocycles. The number of hydrogen-bond acceptors (Lipinski definition) is 3. The van der Waals surface area contributed by atoms with E-state index in [1.165, 1.54) is 17.7 Å². The van der Waals surface area contributed by atoms with Gasteiger partial charge in [-0.3, -0.25) is 14.9 Å². The Bertz CT molecular complexity index is 783. The van der Waals surface area contributed by atoms with Crippen LogP contribution < -0.4 is 5.32 Å². The second kappa shape index (κ2) is 7.50. The lowest BCUT2D eigenvalue weighted by molar-refractivity contribution is -0.387. The van der Waals surface area contributed by atoms with Crippen LogP contribution in [-0.2, 0) is 4.79 Å². The van der Waals surface area contributed by atoms with Crippen molar-refractivity contribution in [3.05, 3.63) is 75.6 Å². The molecule has 0 aliphatic rings. The number of halogens is 1. The zero-order valence-electron chi connectivity index (χ0n) is 13.3. The SMILES string of the molecule is CC(C)c1ccc(C=CC(=O)Nc2ccc(F)c([N+](=O)[O-])c2)cc1. The third-order valence-electron chi connectivity index (χ3n) is 3.44. The van der Waals surface area contributed by atoms with Gasteiger partial charge in [0.15, 0.2) is 0 Å². The topological polar surface area (TPSA) is 72.2 Å². The number of anilines is 1. The lowest BCUT2D eigenvalue weighted by atomic mass is 10.0. The van der Waals surface area contributed by atoms with E-state index in [4.69, 9.17) is 0 Å². The number of nitro groups is 1. The van der Waals surface area contributed by atoms with E-state index < -0.39 is 22.3 Å². The van der Waals surface area contributed by atoms with E-state index in [9.17, 15) is 19.3 Å². The smallest absolute Gasteiger partial charge is 0.306 e. The zero-order chi connectivity index (χ0) is 17.7. The third-order valence-corrected chi connectivity index (χ3v) is 3.44. The second-order valence-electron chi connectivity index (χ2n) is 5.57. The van der Waals surface area contributed by atoms with Gasteiger partial charge < -0.3 is 5.32 Å². The van der Waals surface area contributed by atoms with Crippen LogP contribution in [0.15, 0.2) is 48.5 Å². The Labute approximate surface area is 139 Å². The minimum atomic E-state index is -0.946. The molecule has 5 nitrogen and oxygen atoms in total. The molecule has 2 aromatic carbocycles. The molecule has 0 heterocycles. The summed E-state index contributed by atoms with van der Waals surface area (Å²) < 4.78 is 13.2. The van der Waals surface area contributed by atoms with Crippen molar-refractivity contribution >= 4 is 23.4 Å². The van der Waals surface area contributed by atoms with E-state index in [-0.39, 0.29) is 5.69 Å². The number of nitrogens with one attached hydrogen (secondary N) is 1. The van der Waals surface area contributed by atoms with Gasteiger partial charge in [0.1, 0.15) is 0 Å². The highest BCUT2D eigenvalue weighted by Crippen LogP contribution is 2.21. The van der Waals surface area contributed by atoms with Gasteiger partial charge in [0.2, 0.25) is 11.7 Å². The summed E-state index contributed by atoms with van der Waals surface area (Å²) in [6.45, 7) is 4.19. The van der Waals surface area contributed by atoms with Gasteiger partial charge in [-0.2, -0.15) is 4.39 Å². The molecule has 124 valence electrons. The number of hydrogen-bond donors (Lipinski definition) is 1. The van der Waals surface area contributed by atoms with E-state index in [2.05, 4.69) is 19.2 Å². The standard InChI is InChI=1S/C18H17FN2O3/c1-12(2)14-6-3-13(4-7-14)5-10-18(22)20-15-8-9-16(19)17(11-15)21(23)24/h3-12H,1-2H3,(H,20,22). The first-order chi connectivity index (χ1) is 11.4. The highest BCUT2D eigenvalue weighted by molar-refractivity contribution is 6.02. The fourth-order valence-electron chi connectivity index (χ4n) is 2.08. The van der Waals surface area contributed by atoms with Crippen LogP contribution in [0, 0.1) is 15.9 Å². The van der Waals surface area contributed by atoms with Crippen molar-refractivity contribution in [2.24, 2.45) is 0 Å². The molecule has 6 heteroatoms. The Morgan fingerprint density at radius 2 is 1.88 bits per heavy atom. The number of carbonyl (C=O) groups excluding carboxylic acids is 1. The molecule has 0 radical (unpaired) electrons. The first-order valence-electron chi connectivity index (χ1n) is 7.40. The summed E-state index contributed by atoms with van der Waals surface area (Å²) in [6, 6.07) is 11.0. The average Bonchev–Trinajstić information content (AvgIpc) is 2.55. The van der Waals surface area contributed by atoms with Crippen molar-refractivity contribution in [2.75, 3.05) is 5.32 Å². The van der Waals surface area contributed by atoms with E-state index in [1.807, 2.05) is 24.3 Å². The second-order valence-corrected chi connectivity index (χ2v) is 5.57. The van der Waals surface area contributed by atoms with Gasteiger partial charge in [-0.15, -0.1) is 0 Å². The number of benzene rings is 2. The first-order valence-corrected chi connectivity index (χ1v) is 7.40. The predicted octanol–water partition coefficient (Wildman–Crippen LogP) is 4.51. The maximum Gasteiger partial charge on any atom is 0.306 e. The molecule has 2 aromatic rings. The highest BCUT2D eigenvalue weighted by Gasteiger charge is 2.14. The van der Waals surface area contributed by atoms with Crippen LogP contribution >= 0.6 is 0 Å². The van der Waals surface area contributed by atoms with Crippen LogP contribution in [0.2, 0.25) is 0 Å². The quantitative estimate of drug-likeness (QED) is 0.498. The van der Waals surface area contributed by atoms with Crippen molar-refractivity contribution in [2.45, 2.75) is 19.8 Å². The number of amides is 1. The summed E-state index contributed by atoms with van der Waals surface area (Å²) in [6.07, 6.45) is 2.96. The molecule has 0 bridgehead atoms. The van der Waals surface area contributed by atoms with Gasteiger partial charge in [0.05, 0.1) is 4.92 Å². The predicted molar refractivity (Wildman–Crippen MR) is 91.2 cm³/mol. The fourth-order valence-corrected chi connectivity index (χ4v) is 2.08. The van der Waals surface area contributed by atoms with Crippen molar-refractivity contribution in [3.63, 3.8) is 0 Å². The average molecular weight is 328 g/mol. The minimum Gasteiger partial charge on any atom is -0.322 e. The summed E-state index contributed by atoms with van der Waals surface area (Å²) in [4.78, 5) is 21.7. The molecule has 24 heavy (non-hydrogen) atoms.